The molecule has 2 atom stereocenters. The largest absolute Gasteiger partial charge is 0.469 e. The highest BCUT2D eigenvalue weighted by Gasteiger charge is 2.42. The first-order valence-electron chi connectivity index (χ1n) is 6.40. The van der Waals surface area contributed by atoms with E-state index in [-0.39, 0.29) is 0 Å². The number of ether oxygens (including phenoxy) is 1. The Labute approximate surface area is 116 Å². The lowest BCUT2D eigenvalue weighted by atomic mass is 9.95. The zero-order valence-electron chi connectivity index (χ0n) is 11.2. The summed E-state index contributed by atoms with van der Waals surface area (Å²) in [6, 6.07) is 2.48. The van der Waals surface area contributed by atoms with E-state index in [9.17, 15) is 14.4 Å². The molecule has 1 aromatic heterocycles. The fourth-order valence-electron chi connectivity index (χ4n) is 2.64. The minimum Gasteiger partial charge on any atom is -0.469 e. The van der Waals surface area contributed by atoms with Crippen molar-refractivity contribution in [2.45, 2.75) is 19.3 Å². The zero-order valence-corrected chi connectivity index (χ0v) is 11.2. The van der Waals surface area contributed by atoms with Gasteiger partial charge in [0.1, 0.15) is 0 Å². The second-order valence-corrected chi connectivity index (χ2v) is 4.72. The van der Waals surface area contributed by atoms with Gasteiger partial charge in [0.25, 0.3) is 5.91 Å². The van der Waals surface area contributed by atoms with E-state index in [4.69, 9.17) is 10.5 Å². The highest BCUT2D eigenvalue weighted by atomic mass is 16.5. The van der Waals surface area contributed by atoms with Crippen molar-refractivity contribution in [1.82, 2.24) is 4.68 Å². The van der Waals surface area contributed by atoms with Crippen molar-refractivity contribution in [3.8, 4) is 0 Å². The molecule has 2 N–H and O–H groups in total. The molecule has 0 aromatic carbocycles. The van der Waals surface area contributed by atoms with Crippen LogP contribution in [0.2, 0.25) is 0 Å². The van der Waals surface area contributed by atoms with Crippen molar-refractivity contribution in [3.05, 3.63) is 24.5 Å². The number of aromatic nitrogens is 1. The molecule has 2 unspecified atom stereocenters. The predicted octanol–water partition coefficient (Wildman–Crippen LogP) is 0.621. The summed E-state index contributed by atoms with van der Waals surface area (Å²) in [6.07, 6.45) is 4.97. The smallest absolute Gasteiger partial charge is 0.341 e. The summed E-state index contributed by atoms with van der Waals surface area (Å²) in [6.45, 7) is 0. The molecule has 7 heteroatoms. The van der Waals surface area contributed by atoms with Gasteiger partial charge in [0.15, 0.2) is 0 Å². The maximum absolute atomic E-state index is 12.5. The molecule has 0 radical (unpaired) electrons. The molecule has 0 bridgehead atoms. The number of nitrogens with two attached hydrogens (primary N) is 1. The molecule has 0 spiro atoms. The third-order valence-corrected chi connectivity index (χ3v) is 3.57. The van der Waals surface area contributed by atoms with E-state index in [0.717, 1.165) is 11.4 Å². The number of primary amides is 1. The Balaban J connectivity index is 2.24. The first-order valence-corrected chi connectivity index (χ1v) is 6.40. The maximum Gasteiger partial charge on any atom is 0.341 e. The number of urea groups is 1. The first kappa shape index (κ1) is 14.1. The number of imide groups is 1. The summed E-state index contributed by atoms with van der Waals surface area (Å²) in [5, 5.41) is 0.853. The van der Waals surface area contributed by atoms with E-state index < -0.39 is 29.7 Å². The number of carbonyl (C=O) groups excluding carboxylic acids is 3. The topological polar surface area (TPSA) is 94.6 Å². The second kappa shape index (κ2) is 5.77. The highest BCUT2D eigenvalue weighted by Crippen LogP contribution is 2.33. The van der Waals surface area contributed by atoms with Gasteiger partial charge in [-0.05, 0) is 25.0 Å². The van der Waals surface area contributed by atoms with Gasteiger partial charge in [-0.1, -0.05) is 6.42 Å². The van der Waals surface area contributed by atoms with Crippen LogP contribution in [-0.2, 0) is 14.3 Å². The Morgan fingerprint density at radius 1 is 1.20 bits per heavy atom. The Morgan fingerprint density at radius 2 is 1.80 bits per heavy atom. The normalized spacial score (nSPS) is 21.4. The lowest BCUT2D eigenvalue weighted by molar-refractivity contribution is -0.149. The van der Waals surface area contributed by atoms with Gasteiger partial charge in [-0.25, -0.2) is 4.79 Å². The van der Waals surface area contributed by atoms with Gasteiger partial charge in [0.2, 0.25) is 0 Å². The lowest BCUT2D eigenvalue weighted by Gasteiger charge is -2.25. The number of esters is 1. The number of hydrogen-bond donors (Lipinski definition) is 1. The quantitative estimate of drug-likeness (QED) is 0.820. The minimum atomic E-state index is -0.873. The van der Waals surface area contributed by atoms with Gasteiger partial charge < -0.3 is 10.5 Å². The number of carbonyl (C=O) groups is 3. The number of amides is 3. The molecule has 1 aliphatic carbocycles. The fourth-order valence-corrected chi connectivity index (χ4v) is 2.64. The first-order chi connectivity index (χ1) is 9.56. The molecule has 108 valence electrons. The van der Waals surface area contributed by atoms with Crippen LogP contribution < -0.4 is 10.7 Å². The predicted molar refractivity (Wildman–Crippen MR) is 70.1 cm³/mol. The van der Waals surface area contributed by atoms with Crippen LogP contribution in [0.1, 0.15) is 19.3 Å². The number of rotatable bonds is 3. The minimum absolute atomic E-state index is 0.419. The molecule has 2 rings (SSSR count). The Bertz CT molecular complexity index is 512. The average Bonchev–Trinajstić information content (AvgIpc) is 3.08. The Hall–Kier alpha value is -2.31. The van der Waals surface area contributed by atoms with Crippen LogP contribution in [0.4, 0.5) is 4.79 Å². The van der Waals surface area contributed by atoms with E-state index in [1.165, 1.54) is 11.8 Å². The third kappa shape index (κ3) is 2.52. The van der Waals surface area contributed by atoms with Crippen LogP contribution in [0.3, 0.4) is 0 Å². The molecule has 1 aliphatic rings. The van der Waals surface area contributed by atoms with E-state index >= 15 is 0 Å². The van der Waals surface area contributed by atoms with Crippen LogP contribution in [0.25, 0.3) is 0 Å². The summed E-state index contributed by atoms with van der Waals surface area (Å²) in [5.41, 5.74) is 5.28. The molecule has 0 aliphatic heterocycles. The third-order valence-electron chi connectivity index (χ3n) is 3.57. The van der Waals surface area contributed by atoms with Crippen molar-refractivity contribution in [3.63, 3.8) is 0 Å². The van der Waals surface area contributed by atoms with Crippen molar-refractivity contribution in [1.29, 1.82) is 0 Å². The van der Waals surface area contributed by atoms with Crippen LogP contribution in [0.15, 0.2) is 24.5 Å². The molecule has 1 fully saturated rings. The molecule has 0 saturated heterocycles. The van der Waals surface area contributed by atoms with Crippen molar-refractivity contribution in [2.75, 3.05) is 12.1 Å². The molecule has 20 heavy (non-hydrogen) atoms. The molecular formula is C13H17N3O4. The molecular weight excluding hydrogens is 262 g/mol. The molecule has 1 saturated carbocycles. The van der Waals surface area contributed by atoms with Gasteiger partial charge in [0.05, 0.1) is 18.9 Å². The summed E-state index contributed by atoms with van der Waals surface area (Å²) >= 11 is 0. The van der Waals surface area contributed by atoms with E-state index in [0.29, 0.717) is 12.8 Å². The number of nitrogens with zero attached hydrogens (tertiary/aromatic N) is 2. The van der Waals surface area contributed by atoms with E-state index in [1.807, 2.05) is 0 Å². The number of methoxy groups -OCH3 is 1. The van der Waals surface area contributed by atoms with Crippen LogP contribution in [-0.4, -0.2) is 29.7 Å². The van der Waals surface area contributed by atoms with Crippen LogP contribution >= 0.6 is 0 Å². The average molecular weight is 279 g/mol. The van der Waals surface area contributed by atoms with Crippen molar-refractivity contribution >= 4 is 17.9 Å². The maximum atomic E-state index is 12.5. The molecule has 7 nitrogen and oxygen atoms in total. The monoisotopic (exact) mass is 279 g/mol. The summed E-state index contributed by atoms with van der Waals surface area (Å²) in [4.78, 5) is 35.7. The van der Waals surface area contributed by atoms with E-state index in [2.05, 4.69) is 0 Å². The Morgan fingerprint density at radius 3 is 2.35 bits per heavy atom. The zero-order chi connectivity index (χ0) is 14.7. The second-order valence-electron chi connectivity index (χ2n) is 4.72. The van der Waals surface area contributed by atoms with Crippen molar-refractivity contribution < 1.29 is 19.1 Å². The Kier molecular flexibility index (Phi) is 4.07. The summed E-state index contributed by atoms with van der Waals surface area (Å²) in [5.74, 6) is -1.97. The fraction of sp³-hybridized carbons (Fsp3) is 0.462. The van der Waals surface area contributed by atoms with Gasteiger partial charge >= 0.3 is 12.0 Å². The standard InChI is InChI=1S/C13H17N3O4/c1-20-12(18)10-6-4-5-9(10)11(17)16(13(14)19)15-7-2-3-8-15/h2-3,7-10H,4-6H2,1H3,(H2,14,19). The van der Waals surface area contributed by atoms with E-state index in [1.54, 1.807) is 24.5 Å². The van der Waals surface area contributed by atoms with Crippen LogP contribution in [0.5, 0.6) is 0 Å². The van der Waals surface area contributed by atoms with Gasteiger partial charge in [-0.2, -0.15) is 5.01 Å². The van der Waals surface area contributed by atoms with Crippen molar-refractivity contribution in [2.24, 2.45) is 17.6 Å². The van der Waals surface area contributed by atoms with Gasteiger partial charge in [-0.15, -0.1) is 0 Å². The van der Waals surface area contributed by atoms with Gasteiger partial charge in [-0.3, -0.25) is 14.3 Å². The molecule has 3 amide bonds. The van der Waals surface area contributed by atoms with Crippen LogP contribution in [0, 0.1) is 11.8 Å². The summed E-state index contributed by atoms with van der Waals surface area (Å²) in [7, 11) is 1.29. The molecule has 1 heterocycles. The highest BCUT2D eigenvalue weighted by molar-refractivity contribution is 6.08. The summed E-state index contributed by atoms with van der Waals surface area (Å²) < 4.78 is 6.03. The molecule has 1 aromatic rings. The SMILES string of the molecule is COC(=O)C1CCCC1C(=O)N(C(N)=O)n1cccc1. The van der Waals surface area contributed by atoms with Gasteiger partial charge in [0, 0.05) is 12.4 Å². The lowest BCUT2D eigenvalue weighted by Crippen LogP contribution is -2.51. The number of hydrogen-bond acceptors (Lipinski definition) is 4.